The summed E-state index contributed by atoms with van der Waals surface area (Å²) in [7, 11) is 4.52. The largest absolute Gasteiger partial charge is 0.481 e. The minimum Gasteiger partial charge on any atom is -0.481 e. The van der Waals surface area contributed by atoms with E-state index in [1.165, 1.54) is 7.11 Å². The van der Waals surface area contributed by atoms with Crippen LogP contribution in [0.15, 0.2) is 41.4 Å². The van der Waals surface area contributed by atoms with E-state index in [2.05, 4.69) is 21.5 Å². The lowest BCUT2D eigenvalue weighted by molar-refractivity contribution is 0.0603. The number of carbonyl (C=O) groups is 1. The van der Waals surface area contributed by atoms with Gasteiger partial charge in [-0.3, -0.25) is 4.99 Å². The molecular formula is C17H19N3O3. The highest BCUT2D eigenvalue weighted by Gasteiger charge is 2.19. The number of rotatable bonds is 4. The minimum atomic E-state index is -0.434. The normalized spacial score (nSPS) is 12.8. The molecule has 1 heterocycles. The first-order valence-electron chi connectivity index (χ1n) is 6.99. The van der Waals surface area contributed by atoms with Gasteiger partial charge in [-0.15, -0.1) is 0 Å². The number of esters is 1. The summed E-state index contributed by atoms with van der Waals surface area (Å²) >= 11 is 0. The van der Waals surface area contributed by atoms with Crippen LogP contribution in [-0.2, 0) is 9.47 Å². The molecule has 0 saturated carbocycles. The first-order valence-corrected chi connectivity index (χ1v) is 6.99. The number of aromatic amines is 1. The van der Waals surface area contributed by atoms with Crippen molar-refractivity contribution in [3.8, 4) is 0 Å². The molecule has 1 N–H and O–H groups in total. The van der Waals surface area contributed by atoms with Crippen molar-refractivity contribution in [1.29, 1.82) is 0 Å². The highest BCUT2D eigenvalue weighted by atomic mass is 16.5. The van der Waals surface area contributed by atoms with Gasteiger partial charge in [0.1, 0.15) is 11.3 Å². The molecule has 2 rings (SSSR count). The second kappa shape index (κ2) is 6.91. The predicted molar refractivity (Wildman–Crippen MR) is 90.6 cm³/mol. The summed E-state index contributed by atoms with van der Waals surface area (Å²) in [6.07, 6.45) is 1.70. The molecule has 0 unspecified atom stereocenters. The number of nitrogens with one attached hydrogen (secondary N) is 1. The lowest BCUT2D eigenvalue weighted by Crippen LogP contribution is -2.08. The molecule has 0 aliphatic heterocycles. The molecule has 0 fully saturated rings. The Bertz CT molecular complexity index is 816. The van der Waals surface area contributed by atoms with E-state index in [1.807, 2.05) is 13.0 Å². The van der Waals surface area contributed by atoms with E-state index in [0.29, 0.717) is 28.4 Å². The number of para-hydroxylation sites is 1. The van der Waals surface area contributed by atoms with Crippen molar-refractivity contribution in [3.05, 3.63) is 47.8 Å². The van der Waals surface area contributed by atoms with Crippen LogP contribution in [0.3, 0.4) is 0 Å². The quantitative estimate of drug-likeness (QED) is 0.407. The number of aromatic nitrogens is 2. The molecule has 0 spiro atoms. The van der Waals surface area contributed by atoms with Crippen LogP contribution < -0.4 is 0 Å². The number of allylic oxidation sites excluding steroid dienone is 2. The minimum absolute atomic E-state index is 0.399. The fourth-order valence-corrected chi connectivity index (χ4v) is 2.29. The van der Waals surface area contributed by atoms with Crippen LogP contribution in [0.5, 0.6) is 0 Å². The van der Waals surface area contributed by atoms with E-state index in [9.17, 15) is 4.79 Å². The topological polar surface area (TPSA) is 76.6 Å². The van der Waals surface area contributed by atoms with E-state index in [4.69, 9.17) is 9.47 Å². The van der Waals surface area contributed by atoms with Crippen molar-refractivity contribution in [1.82, 2.24) is 9.97 Å². The summed E-state index contributed by atoms with van der Waals surface area (Å²) < 4.78 is 10.1. The zero-order valence-corrected chi connectivity index (χ0v) is 13.6. The Kier molecular flexibility index (Phi) is 4.95. The lowest BCUT2D eigenvalue weighted by Gasteiger charge is -2.09. The standard InChI is InChI=1S/C17H19N3O3/c1-6-10(2)13(16(18-3)22-4)15-19-12-9-7-8-11(14(12)20-15)17(21)23-5/h6-9H,1H2,2-5H3,(H,19,20)/b13-10-,18-16?. The Morgan fingerprint density at radius 2 is 2.09 bits per heavy atom. The molecule has 0 atom stereocenters. The molecule has 0 bridgehead atoms. The zero-order chi connectivity index (χ0) is 17.0. The maximum atomic E-state index is 11.9. The number of ether oxygens (including phenoxy) is 2. The molecular weight excluding hydrogens is 294 g/mol. The van der Waals surface area contributed by atoms with E-state index >= 15 is 0 Å². The second-order valence-corrected chi connectivity index (χ2v) is 4.77. The maximum Gasteiger partial charge on any atom is 0.340 e. The number of benzene rings is 1. The van der Waals surface area contributed by atoms with Gasteiger partial charge in [-0.05, 0) is 24.6 Å². The van der Waals surface area contributed by atoms with Crippen LogP contribution in [0.2, 0.25) is 0 Å². The molecule has 0 saturated heterocycles. The highest BCUT2D eigenvalue weighted by molar-refractivity contribution is 6.20. The number of carbonyl (C=O) groups excluding carboxylic acids is 1. The van der Waals surface area contributed by atoms with Crippen molar-refractivity contribution in [2.45, 2.75) is 6.92 Å². The van der Waals surface area contributed by atoms with Gasteiger partial charge in [0.05, 0.1) is 30.9 Å². The SMILES string of the molecule is C=C/C(C)=C(\C(=NC)OC)c1nc2c(C(=O)OC)cccc2[nH]1. The fraction of sp³-hybridized carbons (Fsp3) is 0.235. The Morgan fingerprint density at radius 1 is 1.35 bits per heavy atom. The van der Waals surface area contributed by atoms with E-state index in [1.54, 1.807) is 32.4 Å². The summed E-state index contributed by atoms with van der Waals surface area (Å²) in [5.41, 5.74) is 3.21. The molecule has 0 aliphatic rings. The Hall–Kier alpha value is -2.89. The van der Waals surface area contributed by atoms with Crippen LogP contribution in [-0.4, -0.2) is 43.1 Å². The molecule has 6 nitrogen and oxygen atoms in total. The third kappa shape index (κ3) is 3.01. The number of hydrogen-bond donors (Lipinski definition) is 1. The summed E-state index contributed by atoms with van der Waals surface area (Å²) in [5.74, 6) is 0.549. The maximum absolute atomic E-state index is 11.9. The number of hydrogen-bond acceptors (Lipinski definition) is 5. The van der Waals surface area contributed by atoms with Gasteiger partial charge in [0.2, 0.25) is 5.90 Å². The van der Waals surface area contributed by atoms with Crippen molar-refractivity contribution >= 4 is 28.5 Å². The molecule has 0 aliphatic carbocycles. The number of nitrogens with zero attached hydrogens (tertiary/aromatic N) is 2. The van der Waals surface area contributed by atoms with Crippen LogP contribution in [0.4, 0.5) is 0 Å². The van der Waals surface area contributed by atoms with Gasteiger partial charge in [-0.1, -0.05) is 18.7 Å². The van der Waals surface area contributed by atoms with Crippen LogP contribution in [0, 0.1) is 0 Å². The summed E-state index contributed by atoms with van der Waals surface area (Å²) in [6.45, 7) is 5.68. The Morgan fingerprint density at radius 3 is 2.65 bits per heavy atom. The van der Waals surface area contributed by atoms with Gasteiger partial charge in [0.15, 0.2) is 0 Å². The van der Waals surface area contributed by atoms with Crippen LogP contribution in [0.1, 0.15) is 23.1 Å². The third-order valence-corrected chi connectivity index (χ3v) is 3.47. The van der Waals surface area contributed by atoms with Crippen LogP contribution in [0.25, 0.3) is 16.6 Å². The Labute approximate surface area is 134 Å². The summed E-state index contributed by atoms with van der Waals surface area (Å²) in [6, 6.07) is 5.29. The number of aliphatic imine (C=N–C) groups is 1. The van der Waals surface area contributed by atoms with Gasteiger partial charge in [0.25, 0.3) is 0 Å². The van der Waals surface area contributed by atoms with Crippen molar-refractivity contribution < 1.29 is 14.3 Å². The van der Waals surface area contributed by atoms with Gasteiger partial charge in [0, 0.05) is 7.05 Å². The number of imidazole rings is 1. The van der Waals surface area contributed by atoms with E-state index in [-0.39, 0.29) is 0 Å². The van der Waals surface area contributed by atoms with Crippen molar-refractivity contribution in [3.63, 3.8) is 0 Å². The number of H-pyrrole nitrogens is 1. The number of fused-ring (bicyclic) bond motifs is 1. The molecule has 23 heavy (non-hydrogen) atoms. The molecule has 0 radical (unpaired) electrons. The summed E-state index contributed by atoms with van der Waals surface area (Å²) in [4.78, 5) is 23.8. The Balaban J connectivity index is 2.72. The average Bonchev–Trinajstić information content (AvgIpc) is 3.01. The smallest absolute Gasteiger partial charge is 0.340 e. The zero-order valence-electron chi connectivity index (χ0n) is 13.6. The molecule has 0 amide bonds. The molecule has 6 heteroatoms. The fourth-order valence-electron chi connectivity index (χ4n) is 2.29. The first-order chi connectivity index (χ1) is 11.1. The van der Waals surface area contributed by atoms with Crippen LogP contribution >= 0.6 is 0 Å². The average molecular weight is 313 g/mol. The lowest BCUT2D eigenvalue weighted by atomic mass is 10.1. The third-order valence-electron chi connectivity index (χ3n) is 3.47. The second-order valence-electron chi connectivity index (χ2n) is 4.77. The van der Waals surface area contributed by atoms with E-state index in [0.717, 1.165) is 11.1 Å². The van der Waals surface area contributed by atoms with Crippen molar-refractivity contribution in [2.75, 3.05) is 21.3 Å². The van der Waals surface area contributed by atoms with Gasteiger partial charge >= 0.3 is 5.97 Å². The first kappa shape index (κ1) is 16.5. The molecule has 120 valence electrons. The van der Waals surface area contributed by atoms with Gasteiger partial charge in [-0.25, -0.2) is 9.78 Å². The monoisotopic (exact) mass is 313 g/mol. The molecule has 1 aromatic carbocycles. The number of methoxy groups -OCH3 is 2. The summed E-state index contributed by atoms with van der Waals surface area (Å²) in [5, 5.41) is 0. The molecule has 2 aromatic rings. The predicted octanol–water partition coefficient (Wildman–Crippen LogP) is 2.98. The van der Waals surface area contributed by atoms with Crippen molar-refractivity contribution in [2.24, 2.45) is 4.99 Å². The van der Waals surface area contributed by atoms with Gasteiger partial charge < -0.3 is 14.5 Å². The highest BCUT2D eigenvalue weighted by Crippen LogP contribution is 2.24. The van der Waals surface area contributed by atoms with Gasteiger partial charge in [-0.2, -0.15) is 0 Å². The van der Waals surface area contributed by atoms with E-state index < -0.39 is 5.97 Å². The molecule has 1 aromatic heterocycles.